The van der Waals surface area contributed by atoms with Crippen LogP contribution < -0.4 is 5.73 Å². The van der Waals surface area contributed by atoms with Crippen LogP contribution in [0.3, 0.4) is 0 Å². The van der Waals surface area contributed by atoms with Gasteiger partial charge >= 0.3 is 0 Å². The Bertz CT molecular complexity index is 593. The second-order valence-corrected chi connectivity index (χ2v) is 5.37. The molecule has 5 heteroatoms. The third-order valence-corrected chi connectivity index (χ3v) is 3.75. The predicted molar refractivity (Wildman–Crippen MR) is 79.6 cm³/mol. The van der Waals surface area contributed by atoms with Crippen LogP contribution in [-0.4, -0.2) is 23.3 Å². The average Bonchev–Trinajstić information content (AvgIpc) is 3.23. The molecule has 1 aliphatic rings. The molecule has 1 aromatic heterocycles. The Morgan fingerprint density at radius 2 is 2.19 bits per heavy atom. The summed E-state index contributed by atoms with van der Waals surface area (Å²) in [6.07, 6.45) is 3.12. The summed E-state index contributed by atoms with van der Waals surface area (Å²) in [5, 5.41) is 4.13. The van der Waals surface area contributed by atoms with E-state index in [9.17, 15) is 0 Å². The lowest BCUT2D eigenvalue weighted by Crippen LogP contribution is -2.08. The van der Waals surface area contributed by atoms with Gasteiger partial charge in [0, 0.05) is 12.2 Å². The van der Waals surface area contributed by atoms with Gasteiger partial charge in [0.1, 0.15) is 6.10 Å². The molecule has 1 saturated carbocycles. The van der Waals surface area contributed by atoms with Crippen LogP contribution in [0.25, 0.3) is 11.5 Å². The molecule has 0 aliphatic heterocycles. The van der Waals surface area contributed by atoms with Crippen LogP contribution >= 0.6 is 0 Å². The largest absolute Gasteiger partial charge is 0.370 e. The normalized spacial score (nSPS) is 16.1. The molecule has 1 unspecified atom stereocenters. The van der Waals surface area contributed by atoms with Gasteiger partial charge in [-0.2, -0.15) is 4.98 Å². The maximum Gasteiger partial charge on any atom is 0.258 e. The molecule has 0 spiro atoms. The SMILES string of the molecule is CCOC(c1noc(-c2ccccc2CCN)n1)C1CC1. The molecular weight excluding hydrogens is 266 g/mol. The summed E-state index contributed by atoms with van der Waals surface area (Å²) >= 11 is 0. The van der Waals surface area contributed by atoms with Gasteiger partial charge in [-0.15, -0.1) is 0 Å². The van der Waals surface area contributed by atoms with Crippen molar-refractivity contribution in [2.24, 2.45) is 11.7 Å². The van der Waals surface area contributed by atoms with Gasteiger partial charge in [0.05, 0.1) is 0 Å². The number of nitrogens with zero attached hydrogens (tertiary/aromatic N) is 2. The average molecular weight is 287 g/mol. The van der Waals surface area contributed by atoms with Crippen molar-refractivity contribution >= 4 is 0 Å². The molecule has 112 valence electrons. The van der Waals surface area contributed by atoms with E-state index in [0.29, 0.717) is 30.8 Å². The topological polar surface area (TPSA) is 74.2 Å². The minimum atomic E-state index is -0.0332. The van der Waals surface area contributed by atoms with Gasteiger partial charge in [0.2, 0.25) is 5.82 Å². The van der Waals surface area contributed by atoms with Gasteiger partial charge in [0.25, 0.3) is 5.89 Å². The first-order valence-electron chi connectivity index (χ1n) is 7.57. The lowest BCUT2D eigenvalue weighted by molar-refractivity contribution is 0.0385. The number of hydrogen-bond acceptors (Lipinski definition) is 5. The number of ether oxygens (including phenoxy) is 1. The molecule has 0 amide bonds. The van der Waals surface area contributed by atoms with Gasteiger partial charge in [-0.05, 0) is 50.3 Å². The zero-order valence-electron chi connectivity index (χ0n) is 12.3. The molecular formula is C16H21N3O2. The van der Waals surface area contributed by atoms with Crippen molar-refractivity contribution in [2.45, 2.75) is 32.3 Å². The van der Waals surface area contributed by atoms with Crippen molar-refractivity contribution < 1.29 is 9.26 Å². The highest BCUT2D eigenvalue weighted by atomic mass is 16.5. The molecule has 1 aromatic carbocycles. The van der Waals surface area contributed by atoms with Crippen LogP contribution in [0.15, 0.2) is 28.8 Å². The fraction of sp³-hybridized carbons (Fsp3) is 0.500. The maximum absolute atomic E-state index is 5.77. The quantitative estimate of drug-likeness (QED) is 0.847. The second-order valence-electron chi connectivity index (χ2n) is 5.37. The Morgan fingerprint density at radius 1 is 1.38 bits per heavy atom. The van der Waals surface area contributed by atoms with E-state index in [1.165, 1.54) is 12.8 Å². The maximum atomic E-state index is 5.77. The summed E-state index contributed by atoms with van der Waals surface area (Å²) in [6, 6.07) is 8.02. The molecule has 5 nitrogen and oxygen atoms in total. The number of nitrogens with two attached hydrogens (primary N) is 1. The van der Waals surface area contributed by atoms with Gasteiger partial charge in [0.15, 0.2) is 0 Å². The van der Waals surface area contributed by atoms with Gasteiger partial charge in [-0.3, -0.25) is 0 Å². The summed E-state index contributed by atoms with van der Waals surface area (Å²) < 4.78 is 11.2. The van der Waals surface area contributed by atoms with E-state index in [1.807, 2.05) is 31.2 Å². The van der Waals surface area contributed by atoms with Crippen molar-refractivity contribution in [2.75, 3.05) is 13.2 Å². The first kappa shape index (κ1) is 14.2. The zero-order chi connectivity index (χ0) is 14.7. The van der Waals surface area contributed by atoms with Crippen LogP contribution in [0.1, 0.15) is 37.3 Å². The third kappa shape index (κ3) is 3.14. The van der Waals surface area contributed by atoms with Gasteiger partial charge < -0.3 is 15.0 Å². The Hall–Kier alpha value is -1.72. The Balaban J connectivity index is 1.87. The molecule has 1 fully saturated rings. The van der Waals surface area contributed by atoms with Crippen LogP contribution in [0.5, 0.6) is 0 Å². The summed E-state index contributed by atoms with van der Waals surface area (Å²) in [7, 11) is 0. The highest BCUT2D eigenvalue weighted by molar-refractivity contribution is 5.58. The van der Waals surface area contributed by atoms with E-state index < -0.39 is 0 Å². The number of hydrogen-bond donors (Lipinski definition) is 1. The minimum Gasteiger partial charge on any atom is -0.370 e. The predicted octanol–water partition coefficient (Wildman–Crippen LogP) is 2.73. The summed E-state index contributed by atoms with van der Waals surface area (Å²) in [6.45, 7) is 3.25. The van der Waals surface area contributed by atoms with E-state index in [2.05, 4.69) is 10.1 Å². The van der Waals surface area contributed by atoms with Crippen LogP contribution in [0, 0.1) is 5.92 Å². The standard InChI is InChI=1S/C16H21N3O2/c1-2-20-14(12-7-8-12)15-18-16(21-19-15)13-6-4-3-5-11(13)9-10-17/h3-6,12,14H,2,7-10,17H2,1H3. The monoisotopic (exact) mass is 287 g/mol. The van der Waals surface area contributed by atoms with Crippen LogP contribution in [0.2, 0.25) is 0 Å². The summed E-state index contributed by atoms with van der Waals surface area (Å²) in [5.74, 6) is 1.76. The molecule has 0 saturated heterocycles. The first-order chi connectivity index (χ1) is 10.3. The molecule has 2 aromatic rings. The lowest BCUT2D eigenvalue weighted by atomic mass is 10.0. The molecule has 21 heavy (non-hydrogen) atoms. The first-order valence-corrected chi connectivity index (χ1v) is 7.57. The summed E-state index contributed by atoms with van der Waals surface area (Å²) in [4.78, 5) is 4.56. The lowest BCUT2D eigenvalue weighted by Gasteiger charge is -2.11. The molecule has 1 aliphatic carbocycles. The van der Waals surface area contributed by atoms with Crippen molar-refractivity contribution in [3.05, 3.63) is 35.7 Å². The highest BCUT2D eigenvalue weighted by Crippen LogP contribution is 2.42. The van der Waals surface area contributed by atoms with E-state index in [4.69, 9.17) is 15.0 Å². The molecule has 2 N–H and O–H groups in total. The third-order valence-electron chi connectivity index (χ3n) is 3.75. The minimum absolute atomic E-state index is 0.0332. The molecule has 1 atom stereocenters. The van der Waals surface area contributed by atoms with Gasteiger partial charge in [-0.25, -0.2) is 0 Å². The second kappa shape index (κ2) is 6.37. The zero-order valence-corrected chi connectivity index (χ0v) is 12.3. The number of benzene rings is 1. The molecule has 0 bridgehead atoms. The van der Waals surface area contributed by atoms with Crippen LogP contribution in [-0.2, 0) is 11.2 Å². The Kier molecular flexibility index (Phi) is 4.31. The molecule has 0 radical (unpaired) electrons. The highest BCUT2D eigenvalue weighted by Gasteiger charge is 2.36. The van der Waals surface area contributed by atoms with Crippen molar-refractivity contribution in [1.82, 2.24) is 10.1 Å². The van der Waals surface area contributed by atoms with E-state index in [-0.39, 0.29) is 6.10 Å². The fourth-order valence-corrected chi connectivity index (χ4v) is 2.56. The molecule has 3 rings (SSSR count). The van der Waals surface area contributed by atoms with Gasteiger partial charge in [-0.1, -0.05) is 23.4 Å². The summed E-state index contributed by atoms with van der Waals surface area (Å²) in [5.41, 5.74) is 7.76. The van der Waals surface area contributed by atoms with Crippen molar-refractivity contribution in [3.63, 3.8) is 0 Å². The van der Waals surface area contributed by atoms with Crippen molar-refractivity contribution in [1.29, 1.82) is 0 Å². The van der Waals surface area contributed by atoms with E-state index in [0.717, 1.165) is 17.5 Å². The van der Waals surface area contributed by atoms with Crippen LogP contribution in [0.4, 0.5) is 0 Å². The molecule has 1 heterocycles. The van der Waals surface area contributed by atoms with E-state index >= 15 is 0 Å². The fourth-order valence-electron chi connectivity index (χ4n) is 2.56. The van der Waals surface area contributed by atoms with E-state index in [1.54, 1.807) is 0 Å². The van der Waals surface area contributed by atoms with Crippen molar-refractivity contribution in [3.8, 4) is 11.5 Å². The number of aromatic nitrogens is 2. The Morgan fingerprint density at radius 3 is 2.90 bits per heavy atom. The number of rotatable bonds is 7. The smallest absolute Gasteiger partial charge is 0.258 e. The Labute approximate surface area is 124 Å².